The standard InChI is InChI=1S/C13H16ClN3O2/c14-12-10-1-3-17(13(10)16-7-15-12)9-5-8(2-4-18)11(19)6-9/h1,3,7-9,11,18-19H,2,4-6H2/t8-,9+,11-/m0/s1. The summed E-state index contributed by atoms with van der Waals surface area (Å²) in [4.78, 5) is 8.24. The summed E-state index contributed by atoms with van der Waals surface area (Å²) in [5.41, 5.74) is 0.807. The van der Waals surface area contributed by atoms with E-state index in [4.69, 9.17) is 16.7 Å². The molecule has 102 valence electrons. The van der Waals surface area contributed by atoms with Crippen molar-refractivity contribution in [1.29, 1.82) is 0 Å². The molecule has 1 aliphatic rings. The fourth-order valence-corrected chi connectivity index (χ4v) is 3.20. The summed E-state index contributed by atoms with van der Waals surface area (Å²) in [7, 11) is 0. The summed E-state index contributed by atoms with van der Waals surface area (Å²) < 4.78 is 2.06. The number of hydrogen-bond donors (Lipinski definition) is 2. The second-order valence-electron chi connectivity index (χ2n) is 5.09. The highest BCUT2D eigenvalue weighted by Gasteiger charge is 2.34. The number of aromatic nitrogens is 3. The van der Waals surface area contributed by atoms with Crippen LogP contribution in [0.25, 0.3) is 11.0 Å². The Bertz CT molecular complexity index is 586. The SMILES string of the molecule is OCC[C@H]1C[C@@H](n2ccc3c(Cl)ncnc32)C[C@@H]1O. The van der Waals surface area contributed by atoms with E-state index in [1.54, 1.807) is 0 Å². The van der Waals surface area contributed by atoms with E-state index >= 15 is 0 Å². The summed E-state index contributed by atoms with van der Waals surface area (Å²) in [5.74, 6) is 0.157. The first-order valence-corrected chi connectivity index (χ1v) is 6.84. The first-order valence-electron chi connectivity index (χ1n) is 6.46. The first-order chi connectivity index (χ1) is 9.20. The molecular formula is C13H16ClN3O2. The summed E-state index contributed by atoms with van der Waals surface area (Å²) in [6.45, 7) is 0.120. The molecule has 0 spiro atoms. The average molecular weight is 282 g/mol. The van der Waals surface area contributed by atoms with E-state index in [-0.39, 0.29) is 24.7 Å². The Morgan fingerprint density at radius 1 is 1.37 bits per heavy atom. The van der Waals surface area contributed by atoms with Crippen LogP contribution < -0.4 is 0 Å². The van der Waals surface area contributed by atoms with E-state index in [1.807, 2.05) is 12.3 Å². The fourth-order valence-electron chi connectivity index (χ4n) is 3.01. The molecule has 2 heterocycles. The topological polar surface area (TPSA) is 71.2 Å². The van der Waals surface area contributed by atoms with Crippen molar-refractivity contribution in [3.63, 3.8) is 0 Å². The molecule has 3 rings (SSSR count). The third kappa shape index (κ3) is 2.22. The third-order valence-corrected chi connectivity index (χ3v) is 4.29. The zero-order valence-electron chi connectivity index (χ0n) is 10.4. The Hall–Kier alpha value is -1.17. The minimum Gasteiger partial charge on any atom is -0.396 e. The predicted molar refractivity (Wildman–Crippen MR) is 72.0 cm³/mol. The zero-order chi connectivity index (χ0) is 13.4. The largest absolute Gasteiger partial charge is 0.396 e. The lowest BCUT2D eigenvalue weighted by Crippen LogP contribution is -2.13. The molecule has 2 aromatic rings. The molecule has 6 heteroatoms. The quantitative estimate of drug-likeness (QED) is 0.842. The number of aliphatic hydroxyl groups excluding tert-OH is 2. The van der Waals surface area contributed by atoms with Gasteiger partial charge in [-0.2, -0.15) is 0 Å². The van der Waals surface area contributed by atoms with Crippen LogP contribution >= 0.6 is 11.6 Å². The van der Waals surface area contributed by atoms with Crippen LogP contribution in [0.4, 0.5) is 0 Å². The molecule has 1 fully saturated rings. The molecule has 1 aliphatic carbocycles. The van der Waals surface area contributed by atoms with Crippen molar-refractivity contribution in [2.45, 2.75) is 31.4 Å². The number of hydrogen-bond acceptors (Lipinski definition) is 4. The second kappa shape index (κ2) is 5.07. The van der Waals surface area contributed by atoms with Gasteiger partial charge in [-0.15, -0.1) is 0 Å². The van der Waals surface area contributed by atoms with Crippen molar-refractivity contribution >= 4 is 22.6 Å². The molecule has 0 amide bonds. The molecule has 19 heavy (non-hydrogen) atoms. The molecule has 2 N–H and O–H groups in total. The molecule has 2 aromatic heterocycles. The van der Waals surface area contributed by atoms with Gasteiger partial charge in [0.25, 0.3) is 0 Å². The monoisotopic (exact) mass is 281 g/mol. The predicted octanol–water partition coefficient (Wildman–Crippen LogP) is 1.78. The summed E-state index contributed by atoms with van der Waals surface area (Å²) in [6.07, 6.45) is 5.24. The summed E-state index contributed by atoms with van der Waals surface area (Å²) >= 11 is 6.04. The zero-order valence-corrected chi connectivity index (χ0v) is 11.2. The van der Waals surface area contributed by atoms with E-state index in [1.165, 1.54) is 6.33 Å². The molecule has 0 aliphatic heterocycles. The van der Waals surface area contributed by atoms with E-state index in [9.17, 15) is 5.11 Å². The molecule has 0 saturated heterocycles. The van der Waals surface area contributed by atoms with Crippen LogP contribution in [-0.2, 0) is 0 Å². The molecule has 0 unspecified atom stereocenters. The lowest BCUT2D eigenvalue weighted by Gasteiger charge is -2.13. The summed E-state index contributed by atoms with van der Waals surface area (Å²) in [6, 6.07) is 2.11. The van der Waals surface area contributed by atoms with Crippen LogP contribution in [0.1, 0.15) is 25.3 Å². The van der Waals surface area contributed by atoms with Gasteiger partial charge in [-0.05, 0) is 31.2 Å². The Kier molecular flexibility index (Phi) is 3.43. The molecule has 5 nitrogen and oxygen atoms in total. The fraction of sp³-hybridized carbons (Fsp3) is 0.538. The Morgan fingerprint density at radius 3 is 3.00 bits per heavy atom. The molecule has 0 radical (unpaired) electrons. The van der Waals surface area contributed by atoms with Crippen molar-refractivity contribution in [3.8, 4) is 0 Å². The van der Waals surface area contributed by atoms with Crippen LogP contribution in [0.2, 0.25) is 5.15 Å². The van der Waals surface area contributed by atoms with Gasteiger partial charge in [0.1, 0.15) is 17.1 Å². The molecule has 3 atom stereocenters. The van der Waals surface area contributed by atoms with E-state index < -0.39 is 0 Å². The minimum atomic E-state index is -0.355. The Morgan fingerprint density at radius 2 is 2.21 bits per heavy atom. The average Bonchev–Trinajstić information content (AvgIpc) is 2.95. The van der Waals surface area contributed by atoms with Gasteiger partial charge < -0.3 is 14.8 Å². The van der Waals surface area contributed by atoms with Crippen molar-refractivity contribution in [1.82, 2.24) is 14.5 Å². The maximum absolute atomic E-state index is 10.0. The van der Waals surface area contributed by atoms with Gasteiger partial charge in [0.05, 0.1) is 11.5 Å². The van der Waals surface area contributed by atoms with Gasteiger partial charge in [0.2, 0.25) is 0 Å². The first kappa shape index (κ1) is 12.8. The van der Waals surface area contributed by atoms with Crippen LogP contribution in [0.15, 0.2) is 18.6 Å². The third-order valence-electron chi connectivity index (χ3n) is 3.99. The van der Waals surface area contributed by atoms with Gasteiger partial charge in [-0.1, -0.05) is 11.6 Å². The summed E-state index contributed by atoms with van der Waals surface area (Å²) in [5, 5.41) is 20.3. The Labute approximate surface area is 115 Å². The second-order valence-corrected chi connectivity index (χ2v) is 5.45. The smallest absolute Gasteiger partial charge is 0.145 e. The number of nitrogens with zero attached hydrogens (tertiary/aromatic N) is 3. The number of halogens is 1. The van der Waals surface area contributed by atoms with Crippen LogP contribution in [-0.4, -0.2) is 37.5 Å². The highest BCUT2D eigenvalue weighted by Crippen LogP contribution is 2.38. The van der Waals surface area contributed by atoms with Gasteiger partial charge in [0, 0.05) is 18.8 Å². The van der Waals surface area contributed by atoms with Crippen LogP contribution in [0.3, 0.4) is 0 Å². The minimum absolute atomic E-state index is 0.120. The number of fused-ring (bicyclic) bond motifs is 1. The van der Waals surface area contributed by atoms with E-state index in [2.05, 4.69) is 14.5 Å². The van der Waals surface area contributed by atoms with Crippen molar-refractivity contribution in [2.75, 3.05) is 6.61 Å². The lowest BCUT2D eigenvalue weighted by atomic mass is 10.0. The maximum Gasteiger partial charge on any atom is 0.145 e. The van der Waals surface area contributed by atoms with E-state index in [0.717, 1.165) is 17.5 Å². The van der Waals surface area contributed by atoms with Crippen molar-refractivity contribution in [3.05, 3.63) is 23.7 Å². The maximum atomic E-state index is 10.0. The van der Waals surface area contributed by atoms with Gasteiger partial charge in [-0.3, -0.25) is 0 Å². The van der Waals surface area contributed by atoms with E-state index in [0.29, 0.717) is 18.0 Å². The molecule has 0 aromatic carbocycles. The van der Waals surface area contributed by atoms with Crippen molar-refractivity contribution in [2.24, 2.45) is 5.92 Å². The van der Waals surface area contributed by atoms with Gasteiger partial charge >= 0.3 is 0 Å². The highest BCUT2D eigenvalue weighted by molar-refractivity contribution is 6.33. The molecule has 1 saturated carbocycles. The lowest BCUT2D eigenvalue weighted by molar-refractivity contribution is 0.113. The molecular weight excluding hydrogens is 266 g/mol. The number of rotatable bonds is 3. The van der Waals surface area contributed by atoms with Gasteiger partial charge in [-0.25, -0.2) is 9.97 Å². The molecule has 0 bridgehead atoms. The normalized spacial score (nSPS) is 27.2. The number of aliphatic hydroxyl groups is 2. The highest BCUT2D eigenvalue weighted by atomic mass is 35.5. The van der Waals surface area contributed by atoms with Crippen molar-refractivity contribution < 1.29 is 10.2 Å². The van der Waals surface area contributed by atoms with Crippen LogP contribution in [0.5, 0.6) is 0 Å². The van der Waals surface area contributed by atoms with Crippen LogP contribution in [0, 0.1) is 5.92 Å². The van der Waals surface area contributed by atoms with Gasteiger partial charge in [0.15, 0.2) is 0 Å². The Balaban J connectivity index is 1.91.